The van der Waals surface area contributed by atoms with Crippen molar-refractivity contribution in [1.29, 1.82) is 0 Å². The lowest BCUT2D eigenvalue weighted by Crippen LogP contribution is -2.31. The molecule has 0 fully saturated rings. The van der Waals surface area contributed by atoms with Gasteiger partial charge < -0.3 is 10.2 Å². The maximum absolute atomic E-state index is 5.94. The van der Waals surface area contributed by atoms with Gasteiger partial charge in [-0.05, 0) is 45.6 Å². The van der Waals surface area contributed by atoms with Crippen molar-refractivity contribution in [2.75, 3.05) is 26.0 Å². The number of likely N-dealkylation sites (N-methyl/N-ethyl adjacent to an activating group) is 1. The predicted molar refractivity (Wildman–Crippen MR) is 78.8 cm³/mol. The molecule has 18 heavy (non-hydrogen) atoms. The zero-order valence-electron chi connectivity index (χ0n) is 11.0. The van der Waals surface area contributed by atoms with Gasteiger partial charge in [-0.3, -0.25) is 0 Å². The second-order valence-corrected chi connectivity index (χ2v) is 6.18. The van der Waals surface area contributed by atoms with Crippen LogP contribution in [0.3, 0.4) is 0 Å². The Morgan fingerprint density at radius 3 is 2.83 bits per heavy atom. The molecule has 2 aromatic heterocycles. The molecule has 1 N–H and O–H groups in total. The van der Waals surface area contributed by atoms with Crippen LogP contribution in [0, 0.1) is 6.92 Å². The van der Waals surface area contributed by atoms with E-state index < -0.39 is 0 Å². The van der Waals surface area contributed by atoms with E-state index in [2.05, 4.69) is 54.2 Å². The summed E-state index contributed by atoms with van der Waals surface area (Å²) in [5, 5.41) is 4.70. The molecule has 2 rings (SSSR count). The molecular formula is C12H17ClN4S. The SMILES string of the molecule is Cc1cc2c(NCC(C)N(C)C)nc(Cl)nc2s1. The first-order chi connectivity index (χ1) is 8.47. The molecule has 0 bridgehead atoms. The van der Waals surface area contributed by atoms with E-state index in [0.29, 0.717) is 11.3 Å². The van der Waals surface area contributed by atoms with E-state index in [0.717, 1.165) is 22.6 Å². The van der Waals surface area contributed by atoms with Gasteiger partial charge in [0.25, 0.3) is 0 Å². The predicted octanol–water partition coefficient (Wildman–Crippen LogP) is 3.02. The Balaban J connectivity index is 2.26. The first kappa shape index (κ1) is 13.5. The van der Waals surface area contributed by atoms with Gasteiger partial charge in [0.2, 0.25) is 5.28 Å². The van der Waals surface area contributed by atoms with Crippen LogP contribution in [0.4, 0.5) is 5.82 Å². The third kappa shape index (κ3) is 2.91. The fourth-order valence-electron chi connectivity index (χ4n) is 1.58. The smallest absolute Gasteiger partial charge is 0.225 e. The van der Waals surface area contributed by atoms with E-state index >= 15 is 0 Å². The Hall–Kier alpha value is -0.910. The van der Waals surface area contributed by atoms with Crippen molar-refractivity contribution in [3.05, 3.63) is 16.2 Å². The van der Waals surface area contributed by atoms with Gasteiger partial charge in [-0.1, -0.05) is 0 Å². The van der Waals surface area contributed by atoms with Crippen molar-refractivity contribution >= 4 is 39.0 Å². The lowest BCUT2D eigenvalue weighted by molar-refractivity contribution is 0.326. The van der Waals surface area contributed by atoms with Crippen molar-refractivity contribution in [2.24, 2.45) is 0 Å². The number of aromatic nitrogens is 2. The summed E-state index contributed by atoms with van der Waals surface area (Å²) < 4.78 is 0. The first-order valence-electron chi connectivity index (χ1n) is 5.81. The van der Waals surface area contributed by atoms with Gasteiger partial charge in [-0.2, -0.15) is 0 Å². The molecule has 1 unspecified atom stereocenters. The summed E-state index contributed by atoms with van der Waals surface area (Å²) in [6.07, 6.45) is 0. The van der Waals surface area contributed by atoms with Gasteiger partial charge >= 0.3 is 0 Å². The Bertz CT molecular complexity index is 552. The minimum atomic E-state index is 0.296. The van der Waals surface area contributed by atoms with Gasteiger partial charge in [-0.15, -0.1) is 11.3 Å². The second kappa shape index (κ2) is 5.38. The summed E-state index contributed by atoms with van der Waals surface area (Å²) in [5.41, 5.74) is 0. The maximum Gasteiger partial charge on any atom is 0.225 e. The number of aryl methyl sites for hydroxylation is 1. The van der Waals surface area contributed by atoms with Crippen LogP contribution in [0.2, 0.25) is 5.28 Å². The van der Waals surface area contributed by atoms with Crippen LogP contribution in [0.25, 0.3) is 10.2 Å². The molecule has 2 heterocycles. The summed E-state index contributed by atoms with van der Waals surface area (Å²) in [6, 6.07) is 2.52. The first-order valence-corrected chi connectivity index (χ1v) is 7.01. The van der Waals surface area contributed by atoms with Crippen molar-refractivity contribution in [3.8, 4) is 0 Å². The number of hydrogen-bond donors (Lipinski definition) is 1. The summed E-state index contributed by atoms with van der Waals surface area (Å²) in [5.74, 6) is 0.822. The Morgan fingerprint density at radius 1 is 1.44 bits per heavy atom. The van der Waals surface area contributed by atoms with Crippen LogP contribution in [0.15, 0.2) is 6.07 Å². The largest absolute Gasteiger partial charge is 0.368 e. The van der Waals surface area contributed by atoms with Gasteiger partial charge in [0, 0.05) is 17.5 Å². The number of fused-ring (bicyclic) bond motifs is 1. The highest BCUT2D eigenvalue weighted by Crippen LogP contribution is 2.29. The molecule has 0 aliphatic carbocycles. The van der Waals surface area contributed by atoms with E-state index in [1.54, 1.807) is 11.3 Å². The van der Waals surface area contributed by atoms with Crippen LogP contribution in [0.5, 0.6) is 0 Å². The molecule has 4 nitrogen and oxygen atoms in total. The minimum Gasteiger partial charge on any atom is -0.368 e. The number of halogens is 1. The lowest BCUT2D eigenvalue weighted by Gasteiger charge is -2.20. The third-order valence-corrected chi connectivity index (χ3v) is 4.05. The number of hydrogen-bond acceptors (Lipinski definition) is 5. The quantitative estimate of drug-likeness (QED) is 0.877. The fourth-order valence-corrected chi connectivity index (χ4v) is 2.68. The highest BCUT2D eigenvalue weighted by molar-refractivity contribution is 7.18. The molecule has 0 saturated heterocycles. The number of thiophene rings is 1. The van der Waals surface area contributed by atoms with Crippen LogP contribution in [-0.2, 0) is 0 Å². The molecule has 0 aliphatic heterocycles. The van der Waals surface area contributed by atoms with Crippen molar-refractivity contribution in [2.45, 2.75) is 19.9 Å². The molecule has 0 amide bonds. The van der Waals surface area contributed by atoms with E-state index in [1.165, 1.54) is 4.88 Å². The average Bonchev–Trinajstić information content (AvgIpc) is 2.65. The Labute approximate surface area is 116 Å². The summed E-state index contributed by atoms with van der Waals surface area (Å²) in [6.45, 7) is 5.04. The van der Waals surface area contributed by atoms with Crippen LogP contribution in [0.1, 0.15) is 11.8 Å². The van der Waals surface area contributed by atoms with Gasteiger partial charge in [0.05, 0.1) is 5.39 Å². The van der Waals surface area contributed by atoms with E-state index in [4.69, 9.17) is 11.6 Å². The van der Waals surface area contributed by atoms with Crippen LogP contribution >= 0.6 is 22.9 Å². The molecule has 98 valence electrons. The van der Waals surface area contributed by atoms with E-state index in [1.807, 2.05) is 0 Å². The van der Waals surface area contributed by atoms with Crippen LogP contribution < -0.4 is 5.32 Å². The zero-order chi connectivity index (χ0) is 13.3. The van der Waals surface area contributed by atoms with E-state index in [9.17, 15) is 0 Å². The Kier molecular flexibility index (Phi) is 4.04. The molecule has 1 atom stereocenters. The topological polar surface area (TPSA) is 41.0 Å². The zero-order valence-corrected chi connectivity index (χ0v) is 12.6. The van der Waals surface area contributed by atoms with Crippen molar-refractivity contribution < 1.29 is 0 Å². The summed E-state index contributed by atoms with van der Waals surface area (Å²) in [4.78, 5) is 12.8. The van der Waals surface area contributed by atoms with Gasteiger partial charge in [0.1, 0.15) is 10.6 Å². The number of anilines is 1. The number of nitrogens with one attached hydrogen (secondary N) is 1. The monoisotopic (exact) mass is 284 g/mol. The molecule has 0 radical (unpaired) electrons. The maximum atomic E-state index is 5.94. The third-order valence-electron chi connectivity index (χ3n) is 2.94. The van der Waals surface area contributed by atoms with Gasteiger partial charge in [0.15, 0.2) is 0 Å². The standard InChI is InChI=1S/C12H17ClN4S/c1-7(17(3)4)6-14-10-9-5-8(2)18-11(9)16-12(13)15-10/h5,7H,6H2,1-4H3,(H,14,15,16). The molecule has 6 heteroatoms. The molecular weight excluding hydrogens is 268 g/mol. The summed E-state index contributed by atoms with van der Waals surface area (Å²) >= 11 is 7.58. The normalized spacial score (nSPS) is 13.2. The molecule has 0 spiro atoms. The van der Waals surface area contributed by atoms with Crippen LogP contribution in [-0.4, -0.2) is 41.5 Å². The molecule has 0 aromatic carbocycles. The lowest BCUT2D eigenvalue weighted by atomic mass is 10.3. The number of rotatable bonds is 4. The molecule has 2 aromatic rings. The highest BCUT2D eigenvalue weighted by Gasteiger charge is 2.11. The average molecular weight is 285 g/mol. The highest BCUT2D eigenvalue weighted by atomic mass is 35.5. The second-order valence-electron chi connectivity index (χ2n) is 4.61. The summed E-state index contributed by atoms with van der Waals surface area (Å²) in [7, 11) is 4.12. The number of nitrogens with zero attached hydrogens (tertiary/aromatic N) is 3. The van der Waals surface area contributed by atoms with Gasteiger partial charge in [-0.25, -0.2) is 9.97 Å². The van der Waals surface area contributed by atoms with E-state index in [-0.39, 0.29) is 0 Å². The Morgan fingerprint density at radius 2 is 2.17 bits per heavy atom. The minimum absolute atomic E-state index is 0.296. The molecule has 0 saturated carbocycles. The van der Waals surface area contributed by atoms with Crippen molar-refractivity contribution in [3.63, 3.8) is 0 Å². The fraction of sp³-hybridized carbons (Fsp3) is 0.500. The van der Waals surface area contributed by atoms with Crippen molar-refractivity contribution in [1.82, 2.24) is 14.9 Å². The molecule has 0 aliphatic rings.